The Morgan fingerprint density at radius 3 is 1.22 bits per heavy atom. The van der Waals surface area contributed by atoms with Crippen LogP contribution in [0.2, 0.25) is 0 Å². The van der Waals surface area contributed by atoms with Gasteiger partial charge in [0.25, 0.3) is 0 Å². The van der Waals surface area contributed by atoms with Gasteiger partial charge < -0.3 is 19.1 Å². The maximum absolute atomic E-state index is 10.8. The van der Waals surface area contributed by atoms with Gasteiger partial charge in [-0.15, -0.1) is 0 Å². The van der Waals surface area contributed by atoms with E-state index in [1.807, 2.05) is 85.7 Å². The molecule has 5 aromatic rings. The van der Waals surface area contributed by atoms with Crippen LogP contribution in [0.3, 0.4) is 0 Å². The number of nitriles is 1. The highest BCUT2D eigenvalue weighted by molar-refractivity contribution is 6.09. The molecule has 0 heterocycles. The second-order valence-electron chi connectivity index (χ2n) is 9.78. The Hall–Kier alpha value is -5.21. The van der Waals surface area contributed by atoms with Crippen LogP contribution in [0.5, 0.6) is 17.2 Å². The van der Waals surface area contributed by atoms with Gasteiger partial charge in [-0.25, -0.2) is 0 Å². The van der Waals surface area contributed by atoms with E-state index in [1.54, 1.807) is 21.3 Å². The molecule has 0 N–H and O–H groups in total. The maximum Gasteiger partial charge on any atom is 0.118 e. The Kier molecular flexibility index (Phi) is 7.94. The summed E-state index contributed by atoms with van der Waals surface area (Å²) in [6.07, 6.45) is 0. The molecule has 5 aromatic carbocycles. The molecule has 0 saturated carbocycles. The summed E-state index contributed by atoms with van der Waals surface area (Å²) in [7, 11) is 8.96. The van der Waals surface area contributed by atoms with Crippen molar-refractivity contribution in [1.29, 1.82) is 5.26 Å². The lowest BCUT2D eigenvalue weighted by atomic mass is 9.79. The summed E-state index contributed by atoms with van der Waals surface area (Å²) in [6, 6.07) is 36.9. The van der Waals surface area contributed by atoms with Crippen molar-refractivity contribution in [2.45, 2.75) is 0 Å². The van der Waals surface area contributed by atoms with Crippen LogP contribution in [-0.4, -0.2) is 35.4 Å². The second-order valence-corrected chi connectivity index (χ2v) is 9.78. The molecule has 0 amide bonds. The first-order valence-corrected chi connectivity index (χ1v) is 13.3. The number of hydrogen-bond donors (Lipinski definition) is 0. The Morgan fingerprint density at radius 2 is 0.854 bits per heavy atom. The molecule has 0 aliphatic heterocycles. The van der Waals surface area contributed by atoms with Crippen LogP contribution in [0, 0.1) is 11.3 Å². The maximum atomic E-state index is 10.8. The summed E-state index contributed by atoms with van der Waals surface area (Å²) < 4.78 is 16.4. The van der Waals surface area contributed by atoms with E-state index in [2.05, 4.69) is 42.5 Å². The molecular weight excluding hydrogens is 508 g/mol. The monoisotopic (exact) mass is 540 g/mol. The number of nitrogens with zero attached hydrogens (tertiary/aromatic N) is 2. The smallest absolute Gasteiger partial charge is 0.118 e. The molecule has 5 rings (SSSR count). The minimum atomic E-state index is 0.599. The van der Waals surface area contributed by atoms with E-state index in [0.29, 0.717) is 5.56 Å². The van der Waals surface area contributed by atoms with Crippen molar-refractivity contribution in [2.75, 3.05) is 40.3 Å². The van der Waals surface area contributed by atoms with Crippen LogP contribution < -0.4 is 19.1 Å². The van der Waals surface area contributed by atoms with Gasteiger partial charge in [0.05, 0.1) is 32.6 Å². The van der Waals surface area contributed by atoms with E-state index < -0.39 is 0 Å². The first kappa shape index (κ1) is 27.4. The van der Waals surface area contributed by atoms with Gasteiger partial charge in [0.2, 0.25) is 0 Å². The molecule has 0 aromatic heterocycles. The number of hydrogen-bond acceptors (Lipinski definition) is 5. The molecular formula is C36H32N2O3. The van der Waals surface area contributed by atoms with Crippen molar-refractivity contribution < 1.29 is 14.2 Å². The molecule has 5 heteroatoms. The van der Waals surface area contributed by atoms with Crippen molar-refractivity contribution in [3.63, 3.8) is 0 Å². The highest BCUT2D eigenvalue weighted by atomic mass is 16.5. The van der Waals surface area contributed by atoms with Crippen molar-refractivity contribution in [3.8, 4) is 67.8 Å². The Bertz CT molecular complexity index is 1680. The number of methoxy groups -OCH3 is 3. The zero-order valence-electron chi connectivity index (χ0n) is 23.9. The fraction of sp³-hybridized carbons (Fsp3) is 0.139. The van der Waals surface area contributed by atoms with Gasteiger partial charge in [-0.2, -0.15) is 5.26 Å². The molecule has 0 saturated heterocycles. The molecule has 5 nitrogen and oxygen atoms in total. The molecule has 0 atom stereocenters. The third kappa shape index (κ3) is 5.20. The van der Waals surface area contributed by atoms with Crippen LogP contribution in [0.15, 0.2) is 103 Å². The summed E-state index contributed by atoms with van der Waals surface area (Å²) >= 11 is 0. The van der Waals surface area contributed by atoms with Gasteiger partial charge in [-0.05, 0) is 64.2 Å². The number of benzene rings is 5. The molecule has 0 radical (unpaired) electrons. The third-order valence-corrected chi connectivity index (χ3v) is 7.23. The van der Waals surface area contributed by atoms with Crippen LogP contribution in [-0.2, 0) is 0 Å². The normalized spacial score (nSPS) is 10.5. The van der Waals surface area contributed by atoms with E-state index in [9.17, 15) is 5.26 Å². The van der Waals surface area contributed by atoms with Crippen LogP contribution >= 0.6 is 0 Å². The van der Waals surface area contributed by atoms with Crippen LogP contribution in [0.25, 0.3) is 44.5 Å². The number of anilines is 1. The van der Waals surface area contributed by atoms with Crippen LogP contribution in [0.4, 0.5) is 5.69 Å². The summed E-state index contributed by atoms with van der Waals surface area (Å²) in [5.41, 5.74) is 9.21. The molecule has 0 unspecified atom stereocenters. The number of rotatable bonds is 8. The van der Waals surface area contributed by atoms with E-state index in [4.69, 9.17) is 14.2 Å². The predicted molar refractivity (Wildman–Crippen MR) is 167 cm³/mol. The number of ether oxygens (including phenoxy) is 3. The molecule has 0 spiro atoms. The minimum Gasteiger partial charge on any atom is -0.497 e. The average Bonchev–Trinajstić information content (AvgIpc) is 3.03. The Labute approximate surface area is 241 Å². The SMILES string of the molecule is COc1ccc(-c2c(C#N)c(N(C)C)c(-c3ccccc3)c(-c3ccc(OC)cc3)c2-c2ccc(OC)cc2)cc1. The lowest BCUT2D eigenvalue weighted by Gasteiger charge is -2.29. The zero-order chi connectivity index (χ0) is 28.9. The molecule has 204 valence electrons. The highest BCUT2D eigenvalue weighted by Crippen LogP contribution is 2.52. The molecule has 0 aliphatic carbocycles. The first-order chi connectivity index (χ1) is 20.0. The molecule has 0 bridgehead atoms. The second kappa shape index (κ2) is 11.9. The van der Waals surface area contributed by atoms with Crippen LogP contribution in [0.1, 0.15) is 5.56 Å². The van der Waals surface area contributed by atoms with E-state index in [0.717, 1.165) is 67.4 Å². The lowest BCUT2D eigenvalue weighted by Crippen LogP contribution is -2.14. The minimum absolute atomic E-state index is 0.599. The summed E-state index contributed by atoms with van der Waals surface area (Å²) in [5.74, 6) is 2.29. The Morgan fingerprint density at radius 1 is 0.488 bits per heavy atom. The molecule has 41 heavy (non-hydrogen) atoms. The summed E-state index contributed by atoms with van der Waals surface area (Å²) in [4.78, 5) is 2.04. The predicted octanol–water partition coefficient (Wildman–Crippen LogP) is 8.32. The molecule has 0 aliphatic rings. The first-order valence-electron chi connectivity index (χ1n) is 13.3. The van der Waals surface area contributed by atoms with Gasteiger partial charge in [0.15, 0.2) is 0 Å². The van der Waals surface area contributed by atoms with Crippen molar-refractivity contribution in [2.24, 2.45) is 0 Å². The van der Waals surface area contributed by atoms with Crippen molar-refractivity contribution in [3.05, 3.63) is 109 Å². The topological polar surface area (TPSA) is 54.7 Å². The summed E-state index contributed by atoms with van der Waals surface area (Å²) in [5, 5.41) is 10.8. The van der Waals surface area contributed by atoms with E-state index >= 15 is 0 Å². The lowest BCUT2D eigenvalue weighted by molar-refractivity contribution is 0.414. The van der Waals surface area contributed by atoms with Gasteiger partial charge in [-0.1, -0.05) is 66.7 Å². The largest absolute Gasteiger partial charge is 0.497 e. The van der Waals surface area contributed by atoms with E-state index in [-0.39, 0.29) is 0 Å². The highest BCUT2D eigenvalue weighted by Gasteiger charge is 2.28. The van der Waals surface area contributed by atoms with Gasteiger partial charge in [0.1, 0.15) is 23.3 Å². The van der Waals surface area contributed by atoms with Gasteiger partial charge in [0, 0.05) is 30.8 Å². The van der Waals surface area contributed by atoms with Gasteiger partial charge in [-0.3, -0.25) is 0 Å². The van der Waals surface area contributed by atoms with E-state index in [1.165, 1.54) is 0 Å². The van der Waals surface area contributed by atoms with Crippen molar-refractivity contribution >= 4 is 5.69 Å². The third-order valence-electron chi connectivity index (χ3n) is 7.23. The average molecular weight is 541 g/mol. The van der Waals surface area contributed by atoms with Crippen molar-refractivity contribution in [1.82, 2.24) is 0 Å². The summed E-state index contributed by atoms with van der Waals surface area (Å²) in [6.45, 7) is 0. The Balaban J connectivity index is 2.03. The fourth-order valence-electron chi connectivity index (χ4n) is 5.32. The quantitative estimate of drug-likeness (QED) is 0.198. The zero-order valence-corrected chi connectivity index (χ0v) is 23.9. The molecule has 0 fully saturated rings. The fourth-order valence-corrected chi connectivity index (χ4v) is 5.32. The van der Waals surface area contributed by atoms with Gasteiger partial charge >= 0.3 is 0 Å². The standard InChI is InChI=1S/C36H32N2O3/c1-38(2)36-31(23-37)32(25-11-17-28(39-3)18-12-25)33(26-13-19-29(40-4)20-14-26)34(27-15-21-30(41-5)22-16-27)35(36)24-9-7-6-8-10-24/h6-22H,1-5H3.